The maximum atomic E-state index is 9.76. The second kappa shape index (κ2) is 8.06. The molecule has 0 spiro atoms. The second-order valence-electron chi connectivity index (χ2n) is 5.78. The van der Waals surface area contributed by atoms with Gasteiger partial charge in [-0.2, -0.15) is 0 Å². The molecule has 3 unspecified atom stereocenters. The van der Waals surface area contributed by atoms with Crippen molar-refractivity contribution in [2.24, 2.45) is 11.8 Å². The highest BCUT2D eigenvalue weighted by Crippen LogP contribution is 2.27. The van der Waals surface area contributed by atoms with Crippen molar-refractivity contribution < 1.29 is 9.84 Å². The zero-order valence-electron chi connectivity index (χ0n) is 11.6. The van der Waals surface area contributed by atoms with Gasteiger partial charge in [-0.05, 0) is 31.1 Å². The standard InChI is InChI=1S/C14H29NO2/c1-4-12-5-6-13(7-12)15-8-14(16)10-17-9-11(2)3/h11-16H,4-10H2,1-3H3. The van der Waals surface area contributed by atoms with E-state index in [-0.39, 0.29) is 6.10 Å². The summed E-state index contributed by atoms with van der Waals surface area (Å²) in [5, 5.41) is 13.2. The molecular weight excluding hydrogens is 214 g/mol. The Hall–Kier alpha value is -0.120. The number of ether oxygens (including phenoxy) is 1. The lowest BCUT2D eigenvalue weighted by Gasteiger charge is -2.17. The third-order valence-electron chi connectivity index (χ3n) is 3.52. The fraction of sp³-hybridized carbons (Fsp3) is 1.00. The van der Waals surface area contributed by atoms with Gasteiger partial charge in [0.2, 0.25) is 0 Å². The van der Waals surface area contributed by atoms with Crippen molar-refractivity contribution >= 4 is 0 Å². The Labute approximate surface area is 106 Å². The second-order valence-corrected chi connectivity index (χ2v) is 5.78. The third kappa shape index (κ3) is 6.39. The SMILES string of the molecule is CCC1CCC(NCC(O)COCC(C)C)C1. The number of aliphatic hydroxyl groups is 1. The molecule has 0 aromatic carbocycles. The van der Waals surface area contributed by atoms with E-state index in [1.54, 1.807) is 0 Å². The first-order valence-electron chi connectivity index (χ1n) is 7.11. The van der Waals surface area contributed by atoms with Gasteiger partial charge in [-0.3, -0.25) is 0 Å². The van der Waals surface area contributed by atoms with Crippen molar-refractivity contribution in [3.63, 3.8) is 0 Å². The highest BCUT2D eigenvalue weighted by molar-refractivity contribution is 4.80. The highest BCUT2D eigenvalue weighted by Gasteiger charge is 2.23. The molecule has 1 saturated carbocycles. The normalized spacial score (nSPS) is 26.6. The lowest BCUT2D eigenvalue weighted by molar-refractivity contribution is 0.0250. The summed E-state index contributed by atoms with van der Waals surface area (Å²) in [4.78, 5) is 0. The van der Waals surface area contributed by atoms with E-state index in [4.69, 9.17) is 4.74 Å². The summed E-state index contributed by atoms with van der Waals surface area (Å²) >= 11 is 0. The molecule has 1 aliphatic carbocycles. The summed E-state index contributed by atoms with van der Waals surface area (Å²) < 4.78 is 5.42. The predicted octanol–water partition coefficient (Wildman–Crippen LogP) is 2.19. The van der Waals surface area contributed by atoms with Crippen LogP contribution in [0.15, 0.2) is 0 Å². The molecule has 0 radical (unpaired) electrons. The summed E-state index contributed by atoms with van der Waals surface area (Å²) in [7, 11) is 0. The van der Waals surface area contributed by atoms with Crippen LogP contribution in [0.4, 0.5) is 0 Å². The van der Waals surface area contributed by atoms with E-state index in [0.717, 1.165) is 12.5 Å². The van der Waals surface area contributed by atoms with Crippen molar-refractivity contribution in [3.8, 4) is 0 Å². The lowest BCUT2D eigenvalue weighted by atomic mass is 10.1. The molecule has 0 aromatic rings. The zero-order chi connectivity index (χ0) is 12.7. The summed E-state index contributed by atoms with van der Waals surface area (Å²) in [6.45, 7) is 8.36. The van der Waals surface area contributed by atoms with Gasteiger partial charge in [-0.25, -0.2) is 0 Å². The lowest BCUT2D eigenvalue weighted by Crippen LogP contribution is -2.36. The van der Waals surface area contributed by atoms with Crippen LogP contribution in [0.3, 0.4) is 0 Å². The molecule has 0 aromatic heterocycles. The molecule has 3 heteroatoms. The quantitative estimate of drug-likeness (QED) is 0.686. The number of rotatable bonds is 8. The van der Waals surface area contributed by atoms with Crippen LogP contribution < -0.4 is 5.32 Å². The van der Waals surface area contributed by atoms with Crippen molar-refractivity contribution in [3.05, 3.63) is 0 Å². The Morgan fingerprint density at radius 3 is 2.65 bits per heavy atom. The summed E-state index contributed by atoms with van der Waals surface area (Å²) in [6, 6.07) is 0.611. The minimum atomic E-state index is -0.366. The van der Waals surface area contributed by atoms with Crippen molar-refractivity contribution in [2.45, 2.75) is 58.6 Å². The molecule has 3 nitrogen and oxygen atoms in total. The predicted molar refractivity (Wildman–Crippen MR) is 71.1 cm³/mol. The van der Waals surface area contributed by atoms with E-state index in [2.05, 4.69) is 26.1 Å². The first-order chi connectivity index (χ1) is 8.11. The molecule has 0 aliphatic heterocycles. The van der Waals surface area contributed by atoms with E-state index >= 15 is 0 Å². The number of hydrogen-bond donors (Lipinski definition) is 2. The number of nitrogens with one attached hydrogen (secondary N) is 1. The molecule has 0 saturated heterocycles. The van der Waals surface area contributed by atoms with Crippen LogP contribution in [0.25, 0.3) is 0 Å². The van der Waals surface area contributed by atoms with Crippen LogP contribution >= 0.6 is 0 Å². The summed E-state index contributed by atoms with van der Waals surface area (Å²) in [5.41, 5.74) is 0. The Balaban J connectivity index is 2.02. The van der Waals surface area contributed by atoms with Crippen LogP contribution in [-0.4, -0.2) is 37.0 Å². The first-order valence-corrected chi connectivity index (χ1v) is 7.11. The number of hydrogen-bond acceptors (Lipinski definition) is 3. The molecule has 2 N–H and O–H groups in total. The molecule has 1 rings (SSSR count). The topological polar surface area (TPSA) is 41.5 Å². The molecule has 1 fully saturated rings. The van der Waals surface area contributed by atoms with Gasteiger partial charge in [0, 0.05) is 19.2 Å². The van der Waals surface area contributed by atoms with Gasteiger partial charge in [-0.1, -0.05) is 27.2 Å². The average molecular weight is 243 g/mol. The van der Waals surface area contributed by atoms with Crippen LogP contribution in [0.1, 0.15) is 46.5 Å². The molecular formula is C14H29NO2. The van der Waals surface area contributed by atoms with Gasteiger partial charge in [0.05, 0.1) is 12.7 Å². The minimum Gasteiger partial charge on any atom is -0.389 e. The van der Waals surface area contributed by atoms with E-state index in [1.807, 2.05) is 0 Å². The maximum Gasteiger partial charge on any atom is 0.0897 e. The molecule has 0 bridgehead atoms. The Kier molecular flexibility index (Phi) is 7.09. The third-order valence-corrected chi connectivity index (χ3v) is 3.52. The Morgan fingerprint density at radius 2 is 2.06 bits per heavy atom. The van der Waals surface area contributed by atoms with E-state index in [1.165, 1.54) is 25.7 Å². The highest BCUT2D eigenvalue weighted by atomic mass is 16.5. The minimum absolute atomic E-state index is 0.366. The smallest absolute Gasteiger partial charge is 0.0897 e. The largest absolute Gasteiger partial charge is 0.389 e. The summed E-state index contributed by atoms with van der Waals surface area (Å²) in [6.07, 6.45) is 4.80. The maximum absolute atomic E-state index is 9.76. The summed E-state index contributed by atoms with van der Waals surface area (Å²) in [5.74, 6) is 1.43. The van der Waals surface area contributed by atoms with Gasteiger partial charge in [-0.15, -0.1) is 0 Å². The van der Waals surface area contributed by atoms with Crippen molar-refractivity contribution in [1.82, 2.24) is 5.32 Å². The van der Waals surface area contributed by atoms with E-state index in [9.17, 15) is 5.11 Å². The van der Waals surface area contributed by atoms with Gasteiger partial charge in [0.25, 0.3) is 0 Å². The van der Waals surface area contributed by atoms with Gasteiger partial charge < -0.3 is 15.2 Å². The number of aliphatic hydroxyl groups excluding tert-OH is 1. The van der Waals surface area contributed by atoms with Crippen LogP contribution in [0.5, 0.6) is 0 Å². The van der Waals surface area contributed by atoms with Gasteiger partial charge >= 0.3 is 0 Å². The molecule has 0 amide bonds. The fourth-order valence-electron chi connectivity index (χ4n) is 2.43. The average Bonchev–Trinajstić information content (AvgIpc) is 2.73. The van der Waals surface area contributed by atoms with E-state index < -0.39 is 0 Å². The Morgan fingerprint density at radius 1 is 1.29 bits per heavy atom. The van der Waals surface area contributed by atoms with Crippen molar-refractivity contribution in [1.29, 1.82) is 0 Å². The molecule has 1 aliphatic rings. The van der Waals surface area contributed by atoms with Crippen LogP contribution in [0, 0.1) is 11.8 Å². The van der Waals surface area contributed by atoms with E-state index in [0.29, 0.717) is 25.1 Å². The van der Waals surface area contributed by atoms with Gasteiger partial charge in [0.1, 0.15) is 0 Å². The zero-order valence-corrected chi connectivity index (χ0v) is 11.6. The van der Waals surface area contributed by atoms with Crippen LogP contribution in [0.2, 0.25) is 0 Å². The van der Waals surface area contributed by atoms with Crippen molar-refractivity contribution in [2.75, 3.05) is 19.8 Å². The molecule has 17 heavy (non-hydrogen) atoms. The monoisotopic (exact) mass is 243 g/mol. The first kappa shape index (κ1) is 14.9. The molecule has 102 valence electrons. The fourth-order valence-corrected chi connectivity index (χ4v) is 2.43. The van der Waals surface area contributed by atoms with Gasteiger partial charge in [0.15, 0.2) is 0 Å². The van der Waals surface area contributed by atoms with Crippen LogP contribution in [-0.2, 0) is 4.74 Å². The Bertz CT molecular complexity index is 197. The molecule has 0 heterocycles. The molecule has 3 atom stereocenters.